The molecule has 1 N–H and O–H groups in total. The zero-order valence-corrected chi connectivity index (χ0v) is 17.3. The van der Waals surface area contributed by atoms with Crippen LogP contribution in [0.3, 0.4) is 0 Å². The van der Waals surface area contributed by atoms with Gasteiger partial charge in [0.25, 0.3) is 5.91 Å². The third kappa shape index (κ3) is 4.15. The van der Waals surface area contributed by atoms with Gasteiger partial charge in [0, 0.05) is 11.3 Å². The molecule has 0 spiro atoms. The first-order valence-electron chi connectivity index (χ1n) is 9.82. The number of carbonyl (C=O) groups excluding carboxylic acids is 1. The molecule has 4 aromatic rings. The number of hydrazone groups is 1. The van der Waals surface area contributed by atoms with Gasteiger partial charge in [-0.05, 0) is 38.5 Å². The second kappa shape index (κ2) is 8.32. The highest BCUT2D eigenvalue weighted by Gasteiger charge is 2.11. The fourth-order valence-corrected chi connectivity index (χ4v) is 3.41. The standard InChI is InChI=1S/C23H24N6O/c1-16-8-10-19(11-9-16)13-29-18(3)20(17(2)27-29)12-25-26-23(30)14-28-15-24-21-6-4-5-7-22(21)28/h4-12,15H,13-14H2,1-3H3,(H,26,30)/b25-12-. The van der Waals surface area contributed by atoms with Gasteiger partial charge in [-0.15, -0.1) is 0 Å². The normalized spacial score (nSPS) is 11.4. The molecule has 2 aromatic carbocycles. The van der Waals surface area contributed by atoms with Crippen LogP contribution in [0.15, 0.2) is 60.0 Å². The molecule has 0 atom stereocenters. The van der Waals surface area contributed by atoms with Crippen LogP contribution in [-0.4, -0.2) is 31.5 Å². The van der Waals surface area contributed by atoms with Gasteiger partial charge in [-0.3, -0.25) is 9.48 Å². The maximum Gasteiger partial charge on any atom is 0.260 e. The Balaban J connectivity index is 1.41. The van der Waals surface area contributed by atoms with Crippen molar-refractivity contribution in [2.75, 3.05) is 0 Å². The average molecular weight is 400 g/mol. The van der Waals surface area contributed by atoms with Gasteiger partial charge in [0.05, 0.1) is 35.8 Å². The molecule has 4 rings (SSSR count). The van der Waals surface area contributed by atoms with Crippen LogP contribution in [0.2, 0.25) is 0 Å². The van der Waals surface area contributed by atoms with Crippen LogP contribution in [-0.2, 0) is 17.9 Å². The number of carbonyl (C=O) groups is 1. The zero-order chi connectivity index (χ0) is 21.1. The van der Waals surface area contributed by atoms with Gasteiger partial charge in [-0.25, -0.2) is 10.4 Å². The van der Waals surface area contributed by atoms with E-state index in [4.69, 9.17) is 0 Å². The summed E-state index contributed by atoms with van der Waals surface area (Å²) in [6, 6.07) is 16.1. The average Bonchev–Trinajstić information content (AvgIpc) is 3.25. The molecule has 0 aliphatic carbocycles. The highest BCUT2D eigenvalue weighted by molar-refractivity contribution is 5.85. The molecule has 0 fully saturated rings. The van der Waals surface area contributed by atoms with Gasteiger partial charge < -0.3 is 4.57 Å². The monoisotopic (exact) mass is 400 g/mol. The summed E-state index contributed by atoms with van der Waals surface area (Å²) < 4.78 is 3.76. The Kier molecular flexibility index (Phi) is 5.43. The summed E-state index contributed by atoms with van der Waals surface area (Å²) in [6.07, 6.45) is 3.32. The first kappa shape index (κ1) is 19.6. The fourth-order valence-electron chi connectivity index (χ4n) is 3.41. The number of fused-ring (bicyclic) bond motifs is 1. The topological polar surface area (TPSA) is 77.1 Å². The molecule has 7 heteroatoms. The Labute approximate surface area is 175 Å². The van der Waals surface area contributed by atoms with Crippen LogP contribution in [0, 0.1) is 20.8 Å². The number of amides is 1. The van der Waals surface area contributed by atoms with Gasteiger partial charge >= 0.3 is 0 Å². The largest absolute Gasteiger partial charge is 0.321 e. The first-order valence-corrected chi connectivity index (χ1v) is 9.82. The van der Waals surface area contributed by atoms with E-state index in [1.807, 2.05) is 42.8 Å². The summed E-state index contributed by atoms with van der Waals surface area (Å²) in [5.74, 6) is -0.211. The van der Waals surface area contributed by atoms with Gasteiger partial charge in [0.2, 0.25) is 0 Å². The molecule has 152 valence electrons. The van der Waals surface area contributed by atoms with E-state index >= 15 is 0 Å². The Morgan fingerprint density at radius 2 is 1.87 bits per heavy atom. The zero-order valence-electron chi connectivity index (χ0n) is 17.3. The van der Waals surface area contributed by atoms with E-state index in [1.165, 1.54) is 11.1 Å². The molecule has 1 amide bonds. The molecule has 0 aliphatic heterocycles. The molecular formula is C23H24N6O. The molecule has 0 saturated heterocycles. The third-order valence-electron chi connectivity index (χ3n) is 5.11. The molecule has 0 saturated carbocycles. The Morgan fingerprint density at radius 1 is 1.10 bits per heavy atom. The number of rotatable bonds is 6. The lowest BCUT2D eigenvalue weighted by Crippen LogP contribution is -2.22. The van der Waals surface area contributed by atoms with E-state index in [0.29, 0.717) is 6.54 Å². The number of nitrogens with zero attached hydrogens (tertiary/aromatic N) is 5. The van der Waals surface area contributed by atoms with Crippen molar-refractivity contribution in [3.05, 3.63) is 82.9 Å². The Hall–Kier alpha value is -3.74. The molecule has 0 unspecified atom stereocenters. The van der Waals surface area contributed by atoms with Gasteiger partial charge in [-0.1, -0.05) is 42.0 Å². The van der Waals surface area contributed by atoms with E-state index in [-0.39, 0.29) is 12.5 Å². The van der Waals surface area contributed by atoms with Crippen LogP contribution in [0.4, 0.5) is 0 Å². The van der Waals surface area contributed by atoms with Crippen LogP contribution >= 0.6 is 0 Å². The van der Waals surface area contributed by atoms with E-state index < -0.39 is 0 Å². The van der Waals surface area contributed by atoms with Crippen LogP contribution in [0.5, 0.6) is 0 Å². The van der Waals surface area contributed by atoms with Crippen molar-refractivity contribution in [3.63, 3.8) is 0 Å². The minimum absolute atomic E-state index is 0.155. The van der Waals surface area contributed by atoms with Crippen molar-refractivity contribution in [1.29, 1.82) is 0 Å². The van der Waals surface area contributed by atoms with Crippen molar-refractivity contribution in [3.8, 4) is 0 Å². The molecule has 0 aliphatic rings. The highest BCUT2D eigenvalue weighted by atomic mass is 16.2. The minimum Gasteiger partial charge on any atom is -0.321 e. The molecule has 30 heavy (non-hydrogen) atoms. The summed E-state index contributed by atoms with van der Waals surface area (Å²) in [4.78, 5) is 16.6. The number of aromatic nitrogens is 4. The van der Waals surface area contributed by atoms with Crippen molar-refractivity contribution in [1.82, 2.24) is 24.8 Å². The lowest BCUT2D eigenvalue weighted by Gasteiger charge is -2.05. The number of hydrogen-bond donors (Lipinski definition) is 1. The van der Waals surface area contributed by atoms with Crippen molar-refractivity contribution in [2.45, 2.75) is 33.9 Å². The summed E-state index contributed by atoms with van der Waals surface area (Å²) in [7, 11) is 0. The number of para-hydroxylation sites is 2. The van der Waals surface area contributed by atoms with Crippen molar-refractivity contribution >= 4 is 23.2 Å². The summed E-state index contributed by atoms with van der Waals surface area (Å²) in [6.45, 7) is 6.88. The number of imidazole rings is 1. The molecule has 0 radical (unpaired) electrons. The fraction of sp³-hybridized carbons (Fsp3) is 0.217. The Bertz CT molecular complexity index is 1220. The lowest BCUT2D eigenvalue weighted by molar-refractivity contribution is -0.121. The summed E-state index contributed by atoms with van der Waals surface area (Å²) in [5.41, 5.74) is 9.60. The molecular weight excluding hydrogens is 376 g/mol. The maximum atomic E-state index is 12.3. The van der Waals surface area contributed by atoms with Crippen molar-refractivity contribution < 1.29 is 4.79 Å². The predicted octanol–water partition coefficient (Wildman–Crippen LogP) is 3.36. The molecule has 7 nitrogen and oxygen atoms in total. The highest BCUT2D eigenvalue weighted by Crippen LogP contribution is 2.14. The van der Waals surface area contributed by atoms with Crippen molar-refractivity contribution in [2.24, 2.45) is 5.10 Å². The quantitative estimate of drug-likeness (QED) is 0.398. The van der Waals surface area contributed by atoms with Gasteiger partial charge in [0.15, 0.2) is 0 Å². The minimum atomic E-state index is -0.211. The first-order chi connectivity index (χ1) is 14.5. The second-order valence-electron chi connectivity index (χ2n) is 7.38. The van der Waals surface area contributed by atoms with Crippen LogP contribution < -0.4 is 5.43 Å². The van der Waals surface area contributed by atoms with E-state index in [9.17, 15) is 4.79 Å². The SMILES string of the molecule is Cc1ccc(Cn2nc(C)c(/C=N\NC(=O)Cn3cnc4ccccc43)c2C)cc1. The Morgan fingerprint density at radius 3 is 2.67 bits per heavy atom. The maximum absolute atomic E-state index is 12.3. The molecule has 2 aromatic heterocycles. The van der Waals surface area contributed by atoms with E-state index in [1.54, 1.807) is 17.1 Å². The van der Waals surface area contributed by atoms with E-state index in [2.05, 4.69) is 51.8 Å². The lowest BCUT2D eigenvalue weighted by atomic mass is 10.1. The predicted molar refractivity (Wildman–Crippen MR) is 117 cm³/mol. The van der Waals surface area contributed by atoms with Gasteiger partial charge in [0.1, 0.15) is 6.54 Å². The number of benzene rings is 2. The number of nitrogens with one attached hydrogen (secondary N) is 1. The summed E-state index contributed by atoms with van der Waals surface area (Å²) >= 11 is 0. The number of aryl methyl sites for hydroxylation is 2. The van der Waals surface area contributed by atoms with Crippen LogP contribution in [0.1, 0.15) is 28.1 Å². The smallest absolute Gasteiger partial charge is 0.260 e. The second-order valence-corrected chi connectivity index (χ2v) is 7.38. The molecule has 2 heterocycles. The third-order valence-corrected chi connectivity index (χ3v) is 5.11. The van der Waals surface area contributed by atoms with Gasteiger partial charge in [-0.2, -0.15) is 10.2 Å². The van der Waals surface area contributed by atoms with Crippen LogP contribution in [0.25, 0.3) is 11.0 Å². The number of hydrogen-bond acceptors (Lipinski definition) is 4. The molecule has 0 bridgehead atoms. The van der Waals surface area contributed by atoms with E-state index in [0.717, 1.165) is 28.0 Å². The summed E-state index contributed by atoms with van der Waals surface area (Å²) in [5, 5.41) is 8.77.